The summed E-state index contributed by atoms with van der Waals surface area (Å²) < 4.78 is 42.4. The van der Waals surface area contributed by atoms with Gasteiger partial charge in [0.05, 0.1) is 6.61 Å². The Balaban J connectivity index is 1.18. The van der Waals surface area contributed by atoms with Crippen molar-refractivity contribution in [2.24, 2.45) is 23.7 Å². The summed E-state index contributed by atoms with van der Waals surface area (Å²) in [5.74, 6) is 3.13. The molecule has 0 aromatic heterocycles. The highest BCUT2D eigenvalue weighted by Crippen LogP contribution is 2.46. The maximum absolute atomic E-state index is 12.4. The molecule has 0 bridgehead atoms. The van der Waals surface area contributed by atoms with Gasteiger partial charge in [0, 0.05) is 18.6 Å². The molecule has 0 spiro atoms. The number of hydrogen-bond donors (Lipinski definition) is 1. The van der Waals surface area contributed by atoms with Gasteiger partial charge in [-0.2, -0.15) is 13.2 Å². The zero-order valence-corrected chi connectivity index (χ0v) is 27.1. The third kappa shape index (κ3) is 11.3. The van der Waals surface area contributed by atoms with Crippen LogP contribution < -0.4 is 0 Å². The number of esters is 1. The number of aliphatic hydroxyl groups excluding tert-OH is 1. The maximum Gasteiger partial charge on any atom is 0.389 e. The van der Waals surface area contributed by atoms with Crippen molar-refractivity contribution >= 4 is 5.97 Å². The summed E-state index contributed by atoms with van der Waals surface area (Å²) in [6.07, 6.45) is 9.56. The van der Waals surface area contributed by atoms with Gasteiger partial charge < -0.3 is 9.84 Å². The Kier molecular flexibility index (Phi) is 13.6. The number of carbonyl (C=O) groups excluding carboxylic acids is 1. The number of alkyl halides is 3. The van der Waals surface area contributed by atoms with Gasteiger partial charge in [0.1, 0.15) is 0 Å². The molecule has 2 aliphatic rings. The zero-order valence-electron chi connectivity index (χ0n) is 27.1. The molecular formula is C39H53F3O3. The van der Waals surface area contributed by atoms with Crippen molar-refractivity contribution < 1.29 is 27.8 Å². The number of carbonyl (C=O) groups is 1. The van der Waals surface area contributed by atoms with Gasteiger partial charge >= 0.3 is 12.1 Å². The Hall–Kier alpha value is -2.60. The minimum absolute atomic E-state index is 0.181. The van der Waals surface area contributed by atoms with Crippen molar-refractivity contribution in [3.63, 3.8) is 0 Å². The van der Waals surface area contributed by atoms with Crippen LogP contribution in [0.5, 0.6) is 0 Å². The molecule has 0 radical (unpaired) electrons. The Labute approximate surface area is 268 Å². The standard InChI is InChI=1S/C39H53F3O3/c1-28(2)38(44)45-27-5-7-30(24-26-43)32-12-14-34(15-13-32)36-20-22-37(23-21-36)35-18-16-33(17-19-35)31-10-8-29(9-11-31)6-3-4-25-39(40,41)42/h8-11,16-19,30,32,34,36-37,43H,1,3-7,12-15,20-27H2,2H3. The van der Waals surface area contributed by atoms with Crippen molar-refractivity contribution in [3.05, 3.63) is 71.8 Å². The van der Waals surface area contributed by atoms with Crippen LogP contribution in [0.2, 0.25) is 0 Å². The molecule has 248 valence electrons. The second-order valence-electron chi connectivity index (χ2n) is 13.8. The summed E-state index contributed by atoms with van der Waals surface area (Å²) in [5, 5.41) is 9.67. The monoisotopic (exact) mass is 626 g/mol. The molecule has 2 aliphatic carbocycles. The summed E-state index contributed by atoms with van der Waals surface area (Å²) in [7, 11) is 0. The molecule has 4 rings (SSSR count). The number of aryl methyl sites for hydroxylation is 1. The second-order valence-corrected chi connectivity index (χ2v) is 13.8. The number of ether oxygens (including phenoxy) is 1. The Morgan fingerprint density at radius 3 is 1.98 bits per heavy atom. The van der Waals surface area contributed by atoms with Gasteiger partial charge in [-0.15, -0.1) is 0 Å². The molecule has 1 unspecified atom stereocenters. The quantitative estimate of drug-likeness (QED) is 0.122. The van der Waals surface area contributed by atoms with Gasteiger partial charge in [-0.05, 0) is 149 Å². The summed E-state index contributed by atoms with van der Waals surface area (Å²) in [6, 6.07) is 17.3. The van der Waals surface area contributed by atoms with E-state index in [4.69, 9.17) is 4.74 Å². The molecule has 2 fully saturated rings. The van der Waals surface area contributed by atoms with E-state index in [1.807, 2.05) is 12.1 Å². The van der Waals surface area contributed by atoms with Crippen LogP contribution in [0.15, 0.2) is 60.7 Å². The van der Waals surface area contributed by atoms with E-state index in [0.717, 1.165) is 42.2 Å². The van der Waals surface area contributed by atoms with Gasteiger partial charge in [0.15, 0.2) is 0 Å². The number of unbranched alkanes of at least 4 members (excludes halogenated alkanes) is 1. The normalized spacial score (nSPS) is 23.0. The third-order valence-corrected chi connectivity index (χ3v) is 10.6. The summed E-state index contributed by atoms with van der Waals surface area (Å²) in [6.45, 7) is 5.97. The van der Waals surface area contributed by atoms with Gasteiger partial charge in [0.2, 0.25) is 0 Å². The molecule has 1 N–H and O–H groups in total. The number of benzene rings is 2. The first-order valence-corrected chi connectivity index (χ1v) is 17.3. The largest absolute Gasteiger partial charge is 0.462 e. The molecule has 45 heavy (non-hydrogen) atoms. The first-order valence-electron chi connectivity index (χ1n) is 17.3. The van der Waals surface area contributed by atoms with Crippen LogP contribution in [0.1, 0.15) is 114 Å². The fourth-order valence-electron chi connectivity index (χ4n) is 7.89. The van der Waals surface area contributed by atoms with E-state index in [9.17, 15) is 23.1 Å². The number of aliphatic hydroxyl groups is 1. The predicted molar refractivity (Wildman–Crippen MR) is 176 cm³/mol. The van der Waals surface area contributed by atoms with E-state index in [1.54, 1.807) is 6.92 Å². The second kappa shape index (κ2) is 17.4. The first-order chi connectivity index (χ1) is 21.6. The predicted octanol–water partition coefficient (Wildman–Crippen LogP) is 10.6. The van der Waals surface area contributed by atoms with Crippen LogP contribution >= 0.6 is 0 Å². The van der Waals surface area contributed by atoms with Crippen LogP contribution in [-0.4, -0.2) is 30.5 Å². The van der Waals surface area contributed by atoms with E-state index in [0.29, 0.717) is 42.8 Å². The fraction of sp³-hybridized carbons (Fsp3) is 0.615. The Bertz CT molecular complexity index is 1170. The summed E-state index contributed by atoms with van der Waals surface area (Å²) in [4.78, 5) is 11.6. The third-order valence-electron chi connectivity index (χ3n) is 10.6. The molecular weight excluding hydrogens is 573 g/mol. The molecule has 2 aromatic rings. The van der Waals surface area contributed by atoms with Crippen LogP contribution in [0.3, 0.4) is 0 Å². The lowest BCUT2D eigenvalue weighted by molar-refractivity contribution is -0.139. The maximum atomic E-state index is 12.4. The molecule has 1 atom stereocenters. The van der Waals surface area contributed by atoms with Crippen molar-refractivity contribution in [2.45, 2.75) is 115 Å². The minimum atomic E-state index is -4.06. The lowest BCUT2D eigenvalue weighted by Gasteiger charge is -2.40. The highest BCUT2D eigenvalue weighted by atomic mass is 19.4. The average molecular weight is 627 g/mol. The van der Waals surface area contributed by atoms with E-state index in [2.05, 4.69) is 43.0 Å². The van der Waals surface area contributed by atoms with Gasteiger partial charge in [-0.25, -0.2) is 4.79 Å². The Morgan fingerprint density at radius 2 is 1.42 bits per heavy atom. The Morgan fingerprint density at radius 1 is 0.844 bits per heavy atom. The summed E-state index contributed by atoms with van der Waals surface area (Å²) >= 11 is 0. The van der Waals surface area contributed by atoms with E-state index >= 15 is 0 Å². The first kappa shape index (κ1) is 35.3. The minimum Gasteiger partial charge on any atom is -0.462 e. The van der Waals surface area contributed by atoms with E-state index in [1.165, 1.54) is 62.5 Å². The van der Waals surface area contributed by atoms with Crippen molar-refractivity contribution in [1.29, 1.82) is 0 Å². The van der Waals surface area contributed by atoms with Crippen LogP contribution in [0, 0.1) is 23.7 Å². The van der Waals surface area contributed by atoms with E-state index in [-0.39, 0.29) is 19.0 Å². The lowest BCUT2D eigenvalue weighted by atomic mass is 9.66. The zero-order chi connectivity index (χ0) is 32.2. The molecule has 6 heteroatoms. The molecule has 0 saturated heterocycles. The smallest absolute Gasteiger partial charge is 0.389 e. The SMILES string of the molecule is C=C(C)C(=O)OCCCC(CCO)C1CCC(C2CCC(c3ccc(-c4ccc(CCCCC(F)(F)F)cc4)cc3)CC2)CC1. The van der Waals surface area contributed by atoms with Crippen molar-refractivity contribution in [3.8, 4) is 11.1 Å². The average Bonchev–Trinajstić information content (AvgIpc) is 3.04. The molecule has 0 aliphatic heterocycles. The van der Waals surface area contributed by atoms with Crippen LogP contribution in [-0.2, 0) is 16.0 Å². The number of halogens is 3. The molecule has 0 heterocycles. The number of rotatable bonds is 15. The highest BCUT2D eigenvalue weighted by molar-refractivity contribution is 5.86. The molecule has 2 aromatic carbocycles. The van der Waals surface area contributed by atoms with Crippen molar-refractivity contribution in [2.75, 3.05) is 13.2 Å². The van der Waals surface area contributed by atoms with E-state index < -0.39 is 12.6 Å². The molecule has 2 saturated carbocycles. The molecule has 0 amide bonds. The number of hydrogen-bond acceptors (Lipinski definition) is 3. The van der Waals surface area contributed by atoms with Crippen molar-refractivity contribution in [1.82, 2.24) is 0 Å². The highest BCUT2D eigenvalue weighted by Gasteiger charge is 2.33. The molecule has 3 nitrogen and oxygen atoms in total. The van der Waals surface area contributed by atoms with Gasteiger partial charge in [0.25, 0.3) is 0 Å². The van der Waals surface area contributed by atoms with Crippen LogP contribution in [0.25, 0.3) is 11.1 Å². The van der Waals surface area contributed by atoms with Crippen LogP contribution in [0.4, 0.5) is 13.2 Å². The fourth-order valence-corrected chi connectivity index (χ4v) is 7.89. The van der Waals surface area contributed by atoms with Gasteiger partial charge in [-0.3, -0.25) is 0 Å². The summed E-state index contributed by atoms with van der Waals surface area (Å²) in [5.41, 5.74) is 5.29. The van der Waals surface area contributed by atoms with Gasteiger partial charge in [-0.1, -0.05) is 55.1 Å². The lowest BCUT2D eigenvalue weighted by Crippen LogP contribution is -2.28. The topological polar surface area (TPSA) is 46.5 Å².